The summed E-state index contributed by atoms with van der Waals surface area (Å²) in [7, 11) is 1.85. The molecular formula is C14H17F2N3O. The topological polar surface area (TPSA) is 50.1 Å². The van der Waals surface area contributed by atoms with Gasteiger partial charge in [0.2, 0.25) is 0 Å². The number of aliphatic hydroxyl groups excluding tert-OH is 1. The number of rotatable bonds is 6. The van der Waals surface area contributed by atoms with Crippen LogP contribution in [0.4, 0.5) is 8.78 Å². The van der Waals surface area contributed by atoms with Gasteiger partial charge >= 0.3 is 0 Å². The molecule has 108 valence electrons. The molecule has 0 saturated carbocycles. The normalized spacial score (nSPS) is 12.6. The highest BCUT2D eigenvalue weighted by Crippen LogP contribution is 2.17. The molecule has 0 aliphatic rings. The number of nitrogens with one attached hydrogen (secondary N) is 1. The Morgan fingerprint density at radius 1 is 1.35 bits per heavy atom. The molecule has 1 aromatic heterocycles. The lowest BCUT2D eigenvalue weighted by Gasteiger charge is -2.12. The van der Waals surface area contributed by atoms with Gasteiger partial charge in [0.05, 0.1) is 11.8 Å². The van der Waals surface area contributed by atoms with Crippen molar-refractivity contribution in [1.82, 2.24) is 15.1 Å². The van der Waals surface area contributed by atoms with Gasteiger partial charge in [-0.1, -0.05) is 6.07 Å². The van der Waals surface area contributed by atoms with Crippen LogP contribution in [0.1, 0.15) is 17.4 Å². The van der Waals surface area contributed by atoms with E-state index in [1.54, 1.807) is 4.68 Å². The van der Waals surface area contributed by atoms with Gasteiger partial charge in [0.1, 0.15) is 11.6 Å². The third-order valence-corrected chi connectivity index (χ3v) is 2.99. The van der Waals surface area contributed by atoms with Gasteiger partial charge in [0, 0.05) is 44.4 Å². The first-order chi connectivity index (χ1) is 9.56. The van der Waals surface area contributed by atoms with E-state index in [-0.39, 0.29) is 12.1 Å². The van der Waals surface area contributed by atoms with Crippen molar-refractivity contribution < 1.29 is 13.9 Å². The van der Waals surface area contributed by atoms with Crippen molar-refractivity contribution in [2.75, 3.05) is 13.1 Å². The first kappa shape index (κ1) is 14.6. The Labute approximate surface area is 116 Å². The number of halogens is 2. The van der Waals surface area contributed by atoms with Gasteiger partial charge in [0.15, 0.2) is 0 Å². The van der Waals surface area contributed by atoms with Crippen LogP contribution in [0, 0.1) is 11.6 Å². The molecule has 1 atom stereocenters. The van der Waals surface area contributed by atoms with Crippen molar-refractivity contribution in [1.29, 1.82) is 0 Å². The molecule has 2 rings (SSSR count). The Morgan fingerprint density at radius 3 is 2.80 bits per heavy atom. The summed E-state index contributed by atoms with van der Waals surface area (Å²) in [4.78, 5) is 0. The summed E-state index contributed by atoms with van der Waals surface area (Å²) in [5.41, 5.74) is 1.04. The molecule has 2 N–H and O–H groups in total. The summed E-state index contributed by atoms with van der Waals surface area (Å²) in [6.07, 6.45) is 1.58. The second kappa shape index (κ2) is 6.58. The number of hydrogen-bond acceptors (Lipinski definition) is 3. The van der Waals surface area contributed by atoms with Gasteiger partial charge in [-0.25, -0.2) is 8.78 Å². The van der Waals surface area contributed by atoms with Crippen LogP contribution in [-0.2, 0) is 13.5 Å². The maximum Gasteiger partial charge on any atom is 0.131 e. The number of aliphatic hydroxyl groups is 1. The molecule has 0 bridgehead atoms. The van der Waals surface area contributed by atoms with Gasteiger partial charge in [-0.05, 0) is 12.1 Å². The first-order valence-corrected chi connectivity index (χ1v) is 6.38. The lowest BCUT2D eigenvalue weighted by atomic mass is 10.1. The Bertz CT molecular complexity index is 571. The number of nitrogens with zero attached hydrogens (tertiary/aromatic N) is 2. The summed E-state index contributed by atoms with van der Waals surface area (Å²) in [5.74, 6) is -1.38. The number of hydrogen-bond donors (Lipinski definition) is 2. The zero-order valence-corrected chi connectivity index (χ0v) is 11.2. The lowest BCUT2D eigenvalue weighted by molar-refractivity contribution is 0.170. The fraction of sp³-hybridized carbons (Fsp3) is 0.357. The molecular weight excluding hydrogens is 264 g/mol. The highest BCUT2D eigenvalue weighted by Gasteiger charge is 2.13. The minimum absolute atomic E-state index is 0.0942. The van der Waals surface area contributed by atoms with E-state index in [1.165, 1.54) is 6.07 Å². The maximum absolute atomic E-state index is 13.4. The Balaban J connectivity index is 1.78. The molecule has 0 radical (unpaired) electrons. The highest BCUT2D eigenvalue weighted by atomic mass is 19.1. The highest BCUT2D eigenvalue weighted by molar-refractivity contribution is 5.21. The van der Waals surface area contributed by atoms with Crippen molar-refractivity contribution in [3.05, 3.63) is 53.4 Å². The minimum atomic E-state index is -1.00. The van der Waals surface area contributed by atoms with E-state index in [0.29, 0.717) is 6.54 Å². The van der Waals surface area contributed by atoms with Gasteiger partial charge in [-0.3, -0.25) is 4.68 Å². The van der Waals surface area contributed by atoms with Crippen molar-refractivity contribution in [2.45, 2.75) is 12.5 Å². The molecule has 0 aliphatic heterocycles. The predicted molar refractivity (Wildman–Crippen MR) is 71.1 cm³/mol. The van der Waals surface area contributed by atoms with E-state index < -0.39 is 17.7 Å². The lowest BCUT2D eigenvalue weighted by Crippen LogP contribution is -2.24. The SMILES string of the molecule is Cn1ccc(CCNCC(O)c2ccc(F)cc2F)n1. The Kier molecular flexibility index (Phi) is 4.81. The molecule has 2 aromatic rings. The molecule has 20 heavy (non-hydrogen) atoms. The van der Waals surface area contributed by atoms with Crippen molar-refractivity contribution in [3.8, 4) is 0 Å². The van der Waals surface area contributed by atoms with Crippen LogP contribution in [0.3, 0.4) is 0 Å². The molecule has 1 unspecified atom stereocenters. The van der Waals surface area contributed by atoms with Crippen molar-refractivity contribution >= 4 is 0 Å². The molecule has 0 aliphatic carbocycles. The summed E-state index contributed by atoms with van der Waals surface area (Å²) < 4.78 is 27.9. The second-order valence-electron chi connectivity index (χ2n) is 4.62. The first-order valence-electron chi connectivity index (χ1n) is 6.38. The van der Waals surface area contributed by atoms with Crippen LogP contribution < -0.4 is 5.32 Å². The largest absolute Gasteiger partial charge is 0.387 e. The minimum Gasteiger partial charge on any atom is -0.387 e. The zero-order chi connectivity index (χ0) is 14.5. The monoisotopic (exact) mass is 281 g/mol. The molecule has 0 spiro atoms. The molecule has 0 fully saturated rings. The van der Waals surface area contributed by atoms with E-state index in [9.17, 15) is 13.9 Å². The smallest absolute Gasteiger partial charge is 0.131 e. The quantitative estimate of drug-likeness (QED) is 0.790. The number of aromatic nitrogens is 2. The van der Waals surface area contributed by atoms with E-state index in [4.69, 9.17) is 0 Å². The third kappa shape index (κ3) is 3.85. The Hall–Kier alpha value is -1.79. The van der Waals surface area contributed by atoms with Crippen LogP contribution in [0.2, 0.25) is 0 Å². The third-order valence-electron chi connectivity index (χ3n) is 2.99. The molecule has 1 heterocycles. The van der Waals surface area contributed by atoms with Crippen LogP contribution in [0.15, 0.2) is 30.5 Å². The summed E-state index contributed by atoms with van der Waals surface area (Å²) in [5, 5.41) is 17.1. The molecule has 0 amide bonds. The standard InChI is InChI=1S/C14H17F2N3O/c1-19-7-5-11(18-19)4-6-17-9-14(20)12-3-2-10(15)8-13(12)16/h2-3,5,7-8,14,17,20H,4,6,9H2,1H3. The second-order valence-corrected chi connectivity index (χ2v) is 4.62. The van der Waals surface area contributed by atoms with Crippen LogP contribution in [0.5, 0.6) is 0 Å². The average molecular weight is 281 g/mol. The molecule has 6 heteroatoms. The van der Waals surface area contributed by atoms with Gasteiger partial charge < -0.3 is 10.4 Å². The summed E-state index contributed by atoms with van der Waals surface area (Å²) >= 11 is 0. The number of benzene rings is 1. The predicted octanol–water partition coefficient (Wildman–Crippen LogP) is 1.56. The fourth-order valence-corrected chi connectivity index (χ4v) is 1.93. The van der Waals surface area contributed by atoms with Crippen LogP contribution in [0.25, 0.3) is 0 Å². The van der Waals surface area contributed by atoms with E-state index in [2.05, 4.69) is 10.4 Å². The van der Waals surface area contributed by atoms with Gasteiger partial charge in [0.25, 0.3) is 0 Å². The van der Waals surface area contributed by atoms with E-state index in [1.807, 2.05) is 19.3 Å². The van der Waals surface area contributed by atoms with Crippen LogP contribution >= 0.6 is 0 Å². The van der Waals surface area contributed by atoms with Gasteiger partial charge in [-0.15, -0.1) is 0 Å². The molecule has 1 aromatic carbocycles. The fourth-order valence-electron chi connectivity index (χ4n) is 1.93. The summed E-state index contributed by atoms with van der Waals surface area (Å²) in [6, 6.07) is 5.08. The molecule has 0 saturated heterocycles. The maximum atomic E-state index is 13.4. The van der Waals surface area contributed by atoms with Crippen LogP contribution in [-0.4, -0.2) is 28.0 Å². The average Bonchev–Trinajstić information content (AvgIpc) is 2.80. The zero-order valence-electron chi connectivity index (χ0n) is 11.2. The number of aryl methyl sites for hydroxylation is 1. The summed E-state index contributed by atoms with van der Waals surface area (Å²) in [6.45, 7) is 0.826. The van der Waals surface area contributed by atoms with Gasteiger partial charge in [-0.2, -0.15) is 5.10 Å². The van der Waals surface area contributed by atoms with E-state index in [0.717, 1.165) is 24.2 Å². The Morgan fingerprint density at radius 2 is 2.15 bits per heavy atom. The molecule has 4 nitrogen and oxygen atoms in total. The van der Waals surface area contributed by atoms with Crippen molar-refractivity contribution in [2.24, 2.45) is 7.05 Å². The van der Waals surface area contributed by atoms with Crippen molar-refractivity contribution in [3.63, 3.8) is 0 Å². The van der Waals surface area contributed by atoms with E-state index >= 15 is 0 Å².